The number of amides is 1. The molecule has 7 heteroatoms. The van der Waals surface area contributed by atoms with Crippen molar-refractivity contribution in [2.24, 2.45) is 0 Å². The van der Waals surface area contributed by atoms with Crippen molar-refractivity contribution < 1.29 is 4.79 Å². The molecule has 0 radical (unpaired) electrons. The van der Waals surface area contributed by atoms with Crippen molar-refractivity contribution in [2.75, 3.05) is 56.6 Å². The molecule has 0 aromatic carbocycles. The first-order chi connectivity index (χ1) is 12.6. The largest absolute Gasteiger partial charge is 0.354 e. The lowest BCUT2D eigenvalue weighted by Crippen LogP contribution is -2.46. The Kier molecular flexibility index (Phi) is 4.98. The number of piperazine rings is 1. The van der Waals surface area contributed by atoms with E-state index in [1.807, 2.05) is 11.9 Å². The molecule has 26 heavy (non-hydrogen) atoms. The van der Waals surface area contributed by atoms with Crippen LogP contribution in [-0.4, -0.2) is 78.5 Å². The van der Waals surface area contributed by atoms with E-state index < -0.39 is 0 Å². The molecule has 1 aromatic rings. The number of carbonyl (C=O) groups excluding carboxylic acids is 1. The van der Waals surface area contributed by atoms with Gasteiger partial charge in [-0.25, -0.2) is 9.97 Å². The SMILES string of the molecule is CN1CCN(c2ncnc3c2CN(C2CCCCC2)C(=O)CN3C)CC1. The molecule has 4 rings (SSSR count). The summed E-state index contributed by atoms with van der Waals surface area (Å²) in [6, 6.07) is 0.371. The molecule has 0 atom stereocenters. The van der Waals surface area contributed by atoms with E-state index in [2.05, 4.69) is 31.7 Å². The number of fused-ring (bicyclic) bond motifs is 1. The van der Waals surface area contributed by atoms with E-state index in [4.69, 9.17) is 0 Å². The summed E-state index contributed by atoms with van der Waals surface area (Å²) in [5, 5.41) is 0. The first kappa shape index (κ1) is 17.5. The molecule has 0 N–H and O–H groups in total. The van der Waals surface area contributed by atoms with Crippen molar-refractivity contribution in [2.45, 2.75) is 44.7 Å². The summed E-state index contributed by atoms with van der Waals surface area (Å²) in [6.07, 6.45) is 7.67. The van der Waals surface area contributed by atoms with E-state index in [1.165, 1.54) is 19.3 Å². The highest BCUT2D eigenvalue weighted by Gasteiger charge is 2.33. The van der Waals surface area contributed by atoms with Crippen LogP contribution in [0, 0.1) is 0 Å². The van der Waals surface area contributed by atoms with Gasteiger partial charge in [0.25, 0.3) is 0 Å². The number of hydrogen-bond donors (Lipinski definition) is 0. The maximum absolute atomic E-state index is 12.9. The quantitative estimate of drug-likeness (QED) is 0.795. The van der Waals surface area contributed by atoms with Crippen LogP contribution in [0.3, 0.4) is 0 Å². The summed E-state index contributed by atoms with van der Waals surface area (Å²) in [5.74, 6) is 2.16. The first-order valence-corrected chi connectivity index (χ1v) is 9.91. The topological polar surface area (TPSA) is 55.8 Å². The van der Waals surface area contributed by atoms with Gasteiger partial charge in [0, 0.05) is 39.3 Å². The summed E-state index contributed by atoms with van der Waals surface area (Å²) < 4.78 is 0. The molecule has 1 saturated heterocycles. The van der Waals surface area contributed by atoms with E-state index >= 15 is 0 Å². The summed E-state index contributed by atoms with van der Waals surface area (Å²) in [7, 11) is 4.14. The summed E-state index contributed by atoms with van der Waals surface area (Å²) >= 11 is 0. The van der Waals surface area contributed by atoms with Gasteiger partial charge in [-0.2, -0.15) is 0 Å². The average molecular weight is 358 g/mol. The Hall–Kier alpha value is -1.89. The molecule has 2 fully saturated rings. The van der Waals surface area contributed by atoms with Crippen LogP contribution in [0.15, 0.2) is 6.33 Å². The van der Waals surface area contributed by atoms with Crippen LogP contribution in [0.25, 0.3) is 0 Å². The number of carbonyl (C=O) groups is 1. The van der Waals surface area contributed by atoms with E-state index in [-0.39, 0.29) is 5.91 Å². The summed E-state index contributed by atoms with van der Waals surface area (Å²) in [5.41, 5.74) is 1.12. The second-order valence-electron chi connectivity index (χ2n) is 7.96. The first-order valence-electron chi connectivity index (χ1n) is 9.91. The Morgan fingerprint density at radius 3 is 2.35 bits per heavy atom. The number of anilines is 2. The smallest absolute Gasteiger partial charge is 0.242 e. The highest BCUT2D eigenvalue weighted by molar-refractivity contribution is 5.84. The van der Waals surface area contributed by atoms with Crippen LogP contribution < -0.4 is 9.80 Å². The summed E-state index contributed by atoms with van der Waals surface area (Å²) in [6.45, 7) is 5.08. The Labute approximate surface area is 156 Å². The Bertz CT molecular complexity index is 651. The molecule has 7 nitrogen and oxygen atoms in total. The number of hydrogen-bond acceptors (Lipinski definition) is 6. The van der Waals surface area contributed by atoms with Gasteiger partial charge in [-0.05, 0) is 19.9 Å². The minimum absolute atomic E-state index is 0.224. The van der Waals surface area contributed by atoms with Gasteiger partial charge in [-0.15, -0.1) is 0 Å². The van der Waals surface area contributed by atoms with Gasteiger partial charge in [0.05, 0.1) is 18.7 Å². The van der Waals surface area contributed by atoms with Gasteiger partial charge in [0.2, 0.25) is 5.91 Å². The lowest BCUT2D eigenvalue weighted by Gasteiger charge is -2.36. The van der Waals surface area contributed by atoms with Crippen LogP contribution in [0.1, 0.15) is 37.7 Å². The molecule has 0 spiro atoms. The Morgan fingerprint density at radius 2 is 1.62 bits per heavy atom. The monoisotopic (exact) mass is 358 g/mol. The standard InChI is InChI=1S/C19H30N6O/c1-22-8-10-24(11-9-22)19-16-12-25(15-6-4-3-5-7-15)17(26)13-23(2)18(16)20-14-21-19/h14-15H,3-13H2,1-2H3. The number of rotatable bonds is 2. The fourth-order valence-corrected chi connectivity index (χ4v) is 4.51. The molecular weight excluding hydrogens is 328 g/mol. The predicted octanol–water partition coefficient (Wildman–Crippen LogP) is 1.34. The van der Waals surface area contributed by atoms with E-state index in [0.717, 1.165) is 56.2 Å². The van der Waals surface area contributed by atoms with Crippen LogP contribution in [0.5, 0.6) is 0 Å². The Balaban J connectivity index is 1.66. The fraction of sp³-hybridized carbons (Fsp3) is 0.737. The van der Waals surface area contributed by atoms with E-state index in [0.29, 0.717) is 19.1 Å². The molecule has 1 aliphatic carbocycles. The maximum Gasteiger partial charge on any atom is 0.242 e. The zero-order chi connectivity index (χ0) is 18.1. The fourth-order valence-electron chi connectivity index (χ4n) is 4.51. The molecule has 0 unspecified atom stereocenters. The molecule has 1 aromatic heterocycles. The molecule has 142 valence electrons. The number of nitrogens with zero attached hydrogens (tertiary/aromatic N) is 6. The third-order valence-corrected chi connectivity index (χ3v) is 6.10. The van der Waals surface area contributed by atoms with Crippen molar-refractivity contribution in [3.05, 3.63) is 11.9 Å². The number of aromatic nitrogens is 2. The molecular formula is C19H30N6O. The zero-order valence-corrected chi connectivity index (χ0v) is 16.0. The van der Waals surface area contributed by atoms with Crippen LogP contribution >= 0.6 is 0 Å². The Morgan fingerprint density at radius 1 is 0.923 bits per heavy atom. The lowest BCUT2D eigenvalue weighted by atomic mass is 9.94. The molecule has 2 aliphatic heterocycles. The van der Waals surface area contributed by atoms with Gasteiger partial charge in [0.1, 0.15) is 18.0 Å². The van der Waals surface area contributed by atoms with E-state index in [1.54, 1.807) is 6.33 Å². The zero-order valence-electron chi connectivity index (χ0n) is 16.0. The van der Waals surface area contributed by atoms with Crippen LogP contribution in [-0.2, 0) is 11.3 Å². The third kappa shape index (κ3) is 3.37. The van der Waals surface area contributed by atoms with Gasteiger partial charge in [0.15, 0.2) is 0 Å². The van der Waals surface area contributed by atoms with Gasteiger partial charge >= 0.3 is 0 Å². The van der Waals surface area contributed by atoms with Crippen molar-refractivity contribution >= 4 is 17.5 Å². The highest BCUT2D eigenvalue weighted by atomic mass is 16.2. The molecule has 0 bridgehead atoms. The van der Waals surface area contributed by atoms with Crippen LogP contribution in [0.2, 0.25) is 0 Å². The maximum atomic E-state index is 12.9. The van der Waals surface area contributed by atoms with Crippen LogP contribution in [0.4, 0.5) is 11.6 Å². The minimum Gasteiger partial charge on any atom is -0.354 e. The minimum atomic E-state index is 0.224. The number of likely N-dealkylation sites (N-methyl/N-ethyl adjacent to an activating group) is 2. The van der Waals surface area contributed by atoms with Gasteiger partial charge < -0.3 is 19.6 Å². The van der Waals surface area contributed by atoms with Gasteiger partial charge in [-0.3, -0.25) is 4.79 Å². The van der Waals surface area contributed by atoms with Gasteiger partial charge in [-0.1, -0.05) is 19.3 Å². The van der Waals surface area contributed by atoms with Crippen molar-refractivity contribution in [1.82, 2.24) is 19.8 Å². The van der Waals surface area contributed by atoms with E-state index in [9.17, 15) is 4.79 Å². The molecule has 1 amide bonds. The third-order valence-electron chi connectivity index (χ3n) is 6.10. The van der Waals surface area contributed by atoms with Crippen molar-refractivity contribution in [3.63, 3.8) is 0 Å². The van der Waals surface area contributed by atoms with Crippen molar-refractivity contribution in [1.29, 1.82) is 0 Å². The lowest BCUT2D eigenvalue weighted by molar-refractivity contribution is -0.133. The highest BCUT2D eigenvalue weighted by Crippen LogP contribution is 2.33. The predicted molar refractivity (Wildman–Crippen MR) is 102 cm³/mol. The molecule has 3 aliphatic rings. The normalized spacial score (nSPS) is 23.2. The van der Waals surface area contributed by atoms with Crippen molar-refractivity contribution in [3.8, 4) is 0 Å². The molecule has 3 heterocycles. The molecule has 1 saturated carbocycles. The summed E-state index contributed by atoms with van der Waals surface area (Å²) in [4.78, 5) is 31.0. The second-order valence-corrected chi connectivity index (χ2v) is 7.96. The average Bonchev–Trinajstić information content (AvgIpc) is 2.79. The second kappa shape index (κ2) is 7.39.